The fraction of sp³-hybridized carbons (Fsp3) is 0.588. The van der Waals surface area contributed by atoms with Gasteiger partial charge in [-0.1, -0.05) is 37.3 Å². The molecular weight excluding hydrogens is 373 g/mol. The van der Waals surface area contributed by atoms with E-state index in [0.29, 0.717) is 6.04 Å². The van der Waals surface area contributed by atoms with Crippen LogP contribution in [0, 0.1) is 11.8 Å². The van der Waals surface area contributed by atoms with Gasteiger partial charge >= 0.3 is 0 Å². The Morgan fingerprint density at radius 1 is 1.24 bits per heavy atom. The SMILES string of the molecule is CCNC(=NCC1CC1c1ccccc1)NC1CC1C.I. The minimum absolute atomic E-state index is 0. The van der Waals surface area contributed by atoms with Gasteiger partial charge in [-0.3, -0.25) is 4.99 Å². The van der Waals surface area contributed by atoms with Gasteiger partial charge in [0.05, 0.1) is 0 Å². The summed E-state index contributed by atoms with van der Waals surface area (Å²) in [6, 6.07) is 11.5. The van der Waals surface area contributed by atoms with Gasteiger partial charge in [-0.05, 0) is 43.1 Å². The van der Waals surface area contributed by atoms with Gasteiger partial charge < -0.3 is 10.6 Å². The quantitative estimate of drug-likeness (QED) is 0.453. The third kappa shape index (κ3) is 4.59. The van der Waals surface area contributed by atoms with Gasteiger partial charge in [0.15, 0.2) is 5.96 Å². The van der Waals surface area contributed by atoms with E-state index in [1.807, 2.05) is 0 Å². The standard InChI is InChI=1S/C17H25N3.HI/c1-3-18-17(20-16-9-12(16)2)19-11-14-10-15(14)13-7-5-4-6-8-13;/h4-8,12,14-16H,3,9-11H2,1-2H3,(H2,18,19,20);1H. The number of nitrogens with zero attached hydrogens (tertiary/aromatic N) is 1. The smallest absolute Gasteiger partial charge is 0.191 e. The molecule has 2 saturated carbocycles. The van der Waals surface area contributed by atoms with E-state index in [1.165, 1.54) is 18.4 Å². The minimum Gasteiger partial charge on any atom is -0.357 e. The fourth-order valence-electron chi connectivity index (χ4n) is 2.79. The molecule has 0 aliphatic heterocycles. The van der Waals surface area contributed by atoms with Gasteiger partial charge in [-0.2, -0.15) is 0 Å². The van der Waals surface area contributed by atoms with Crippen LogP contribution in [0.25, 0.3) is 0 Å². The number of halogens is 1. The Morgan fingerprint density at radius 3 is 2.57 bits per heavy atom. The van der Waals surface area contributed by atoms with E-state index in [4.69, 9.17) is 4.99 Å². The Bertz CT molecular complexity index is 474. The Labute approximate surface area is 145 Å². The van der Waals surface area contributed by atoms with Crippen LogP contribution in [0.1, 0.15) is 38.2 Å². The number of nitrogens with one attached hydrogen (secondary N) is 2. The van der Waals surface area contributed by atoms with Crippen molar-refractivity contribution in [3.05, 3.63) is 35.9 Å². The molecular formula is C17H26IN3. The van der Waals surface area contributed by atoms with Crippen LogP contribution in [-0.4, -0.2) is 25.1 Å². The zero-order chi connectivity index (χ0) is 13.9. The summed E-state index contributed by atoms with van der Waals surface area (Å²) in [6.07, 6.45) is 2.56. The molecule has 0 aromatic heterocycles. The highest BCUT2D eigenvalue weighted by Crippen LogP contribution is 2.47. The van der Waals surface area contributed by atoms with E-state index < -0.39 is 0 Å². The molecule has 3 nitrogen and oxygen atoms in total. The first kappa shape index (κ1) is 16.6. The van der Waals surface area contributed by atoms with Crippen LogP contribution in [0.3, 0.4) is 0 Å². The van der Waals surface area contributed by atoms with Crippen molar-refractivity contribution in [2.45, 2.75) is 38.6 Å². The summed E-state index contributed by atoms with van der Waals surface area (Å²) >= 11 is 0. The maximum atomic E-state index is 4.76. The van der Waals surface area contributed by atoms with Crippen molar-refractivity contribution in [1.82, 2.24) is 10.6 Å². The van der Waals surface area contributed by atoms with Crippen LogP contribution >= 0.6 is 24.0 Å². The molecule has 0 saturated heterocycles. The third-order valence-corrected chi connectivity index (χ3v) is 4.41. The van der Waals surface area contributed by atoms with Crippen molar-refractivity contribution in [1.29, 1.82) is 0 Å². The molecule has 1 aromatic rings. The largest absolute Gasteiger partial charge is 0.357 e. The first-order valence-corrected chi connectivity index (χ1v) is 7.87. The molecule has 116 valence electrons. The van der Waals surface area contributed by atoms with Crippen LogP contribution in [0.5, 0.6) is 0 Å². The van der Waals surface area contributed by atoms with Crippen molar-refractivity contribution in [3.8, 4) is 0 Å². The van der Waals surface area contributed by atoms with E-state index in [-0.39, 0.29) is 24.0 Å². The second-order valence-electron chi connectivity index (χ2n) is 6.20. The van der Waals surface area contributed by atoms with Crippen molar-refractivity contribution in [2.24, 2.45) is 16.8 Å². The lowest BCUT2D eigenvalue weighted by Crippen LogP contribution is -2.39. The summed E-state index contributed by atoms with van der Waals surface area (Å²) in [5.41, 5.74) is 1.47. The van der Waals surface area contributed by atoms with E-state index in [2.05, 4.69) is 54.8 Å². The van der Waals surface area contributed by atoms with Gasteiger partial charge in [0.1, 0.15) is 0 Å². The number of hydrogen-bond acceptors (Lipinski definition) is 1. The van der Waals surface area contributed by atoms with Gasteiger partial charge in [-0.25, -0.2) is 0 Å². The van der Waals surface area contributed by atoms with Crippen LogP contribution < -0.4 is 10.6 Å². The average Bonchev–Trinajstić information content (AvgIpc) is 3.36. The fourth-order valence-corrected chi connectivity index (χ4v) is 2.79. The summed E-state index contributed by atoms with van der Waals surface area (Å²) in [5.74, 6) is 3.25. The predicted octanol–water partition coefficient (Wildman–Crippen LogP) is 3.37. The zero-order valence-electron chi connectivity index (χ0n) is 12.9. The normalized spacial score (nSPS) is 30.3. The maximum absolute atomic E-state index is 4.76. The van der Waals surface area contributed by atoms with E-state index in [1.54, 1.807) is 0 Å². The number of guanidine groups is 1. The van der Waals surface area contributed by atoms with Crippen molar-refractivity contribution < 1.29 is 0 Å². The molecule has 1 aromatic carbocycles. The van der Waals surface area contributed by atoms with Gasteiger partial charge in [0.2, 0.25) is 0 Å². The highest BCUT2D eigenvalue weighted by atomic mass is 127. The van der Waals surface area contributed by atoms with E-state index in [9.17, 15) is 0 Å². The molecule has 2 aliphatic carbocycles. The molecule has 0 amide bonds. The van der Waals surface area contributed by atoms with E-state index >= 15 is 0 Å². The third-order valence-electron chi connectivity index (χ3n) is 4.41. The van der Waals surface area contributed by atoms with Crippen LogP contribution in [0.4, 0.5) is 0 Å². The Balaban J connectivity index is 0.00000161. The molecule has 0 bridgehead atoms. The summed E-state index contributed by atoms with van der Waals surface area (Å²) in [7, 11) is 0. The molecule has 0 radical (unpaired) electrons. The monoisotopic (exact) mass is 399 g/mol. The molecule has 21 heavy (non-hydrogen) atoms. The topological polar surface area (TPSA) is 36.4 Å². The molecule has 2 fully saturated rings. The van der Waals surface area contributed by atoms with Crippen molar-refractivity contribution in [3.63, 3.8) is 0 Å². The Morgan fingerprint density at radius 2 is 1.95 bits per heavy atom. The van der Waals surface area contributed by atoms with Crippen LogP contribution in [0.2, 0.25) is 0 Å². The highest BCUT2D eigenvalue weighted by molar-refractivity contribution is 14.0. The molecule has 0 heterocycles. The van der Waals surface area contributed by atoms with Crippen molar-refractivity contribution in [2.75, 3.05) is 13.1 Å². The van der Waals surface area contributed by atoms with E-state index in [0.717, 1.165) is 36.8 Å². The maximum Gasteiger partial charge on any atom is 0.191 e. The molecule has 4 unspecified atom stereocenters. The van der Waals surface area contributed by atoms with Crippen LogP contribution in [0.15, 0.2) is 35.3 Å². The molecule has 2 N–H and O–H groups in total. The lowest BCUT2D eigenvalue weighted by atomic mass is 10.1. The Hall–Kier alpha value is -0.780. The average molecular weight is 399 g/mol. The summed E-state index contributed by atoms with van der Waals surface area (Å²) < 4.78 is 0. The molecule has 0 spiro atoms. The summed E-state index contributed by atoms with van der Waals surface area (Å²) in [5, 5.41) is 6.87. The van der Waals surface area contributed by atoms with Crippen LogP contribution in [-0.2, 0) is 0 Å². The number of benzene rings is 1. The predicted molar refractivity (Wildman–Crippen MR) is 99.4 cm³/mol. The zero-order valence-corrected chi connectivity index (χ0v) is 15.2. The molecule has 4 heteroatoms. The van der Waals surface area contributed by atoms with Gasteiger partial charge in [-0.15, -0.1) is 24.0 Å². The highest BCUT2D eigenvalue weighted by Gasteiger charge is 2.38. The molecule has 2 aliphatic rings. The molecule has 4 atom stereocenters. The Kier molecular flexibility index (Phi) is 5.90. The number of aliphatic imine (C=N–C) groups is 1. The van der Waals surface area contributed by atoms with Gasteiger partial charge in [0.25, 0.3) is 0 Å². The summed E-state index contributed by atoms with van der Waals surface area (Å²) in [4.78, 5) is 4.76. The van der Waals surface area contributed by atoms with Gasteiger partial charge in [0, 0.05) is 19.1 Å². The first-order valence-electron chi connectivity index (χ1n) is 7.87. The lowest BCUT2D eigenvalue weighted by molar-refractivity contribution is 0.746. The molecule has 3 rings (SSSR count). The lowest BCUT2D eigenvalue weighted by Gasteiger charge is -2.10. The minimum atomic E-state index is 0. The number of rotatable bonds is 5. The number of hydrogen-bond donors (Lipinski definition) is 2. The second-order valence-corrected chi connectivity index (χ2v) is 6.20. The second kappa shape index (κ2) is 7.47. The summed E-state index contributed by atoms with van der Waals surface area (Å²) in [6.45, 7) is 6.28. The van der Waals surface area contributed by atoms with Crippen molar-refractivity contribution >= 4 is 29.9 Å². The first-order chi connectivity index (χ1) is 9.78.